The number of hydrogen-bond donors (Lipinski definition) is 3. The van der Waals surface area contributed by atoms with E-state index in [0.29, 0.717) is 16.8 Å². The molecule has 0 spiro atoms. The number of aryl methyl sites for hydroxylation is 1. The van der Waals surface area contributed by atoms with E-state index in [9.17, 15) is 4.79 Å². The highest BCUT2D eigenvalue weighted by molar-refractivity contribution is 8.00. The van der Waals surface area contributed by atoms with Gasteiger partial charge in [-0.25, -0.2) is 9.97 Å². The van der Waals surface area contributed by atoms with E-state index < -0.39 is 0 Å². The molecular weight excluding hydrogens is 420 g/mol. The number of aliphatic hydroxyl groups is 1. The number of rotatable bonds is 10. The lowest BCUT2D eigenvalue weighted by Crippen LogP contribution is -2.31. The number of anilines is 1. The van der Waals surface area contributed by atoms with Gasteiger partial charge >= 0.3 is 0 Å². The Kier molecular flexibility index (Phi) is 8.03. The lowest BCUT2D eigenvalue weighted by molar-refractivity contribution is -0.115. The van der Waals surface area contributed by atoms with Crippen molar-refractivity contribution in [2.45, 2.75) is 49.2 Å². The molecule has 0 saturated carbocycles. The molecule has 0 aliphatic heterocycles. The van der Waals surface area contributed by atoms with E-state index in [-0.39, 0.29) is 31.0 Å². The molecule has 3 aromatic rings. The number of aromatic nitrogens is 2. The maximum absolute atomic E-state index is 12.4. The first-order valence-electron chi connectivity index (χ1n) is 9.68. The Labute approximate surface area is 184 Å². The van der Waals surface area contributed by atoms with E-state index in [4.69, 9.17) is 9.52 Å². The number of aliphatic hydroxyl groups excluding tert-OH is 1. The fourth-order valence-electron chi connectivity index (χ4n) is 2.83. The van der Waals surface area contributed by atoms with Crippen molar-refractivity contribution in [2.75, 3.05) is 11.9 Å². The summed E-state index contributed by atoms with van der Waals surface area (Å²) in [5.74, 6) is 1.99. The Morgan fingerprint density at radius 2 is 2.00 bits per heavy atom. The molecule has 0 bridgehead atoms. The van der Waals surface area contributed by atoms with Crippen molar-refractivity contribution in [2.24, 2.45) is 0 Å². The largest absolute Gasteiger partial charge is 0.445 e. The third-order valence-electron chi connectivity index (χ3n) is 4.39. The van der Waals surface area contributed by atoms with Crippen LogP contribution >= 0.6 is 23.1 Å². The number of carbonyl (C=O) groups is 1. The molecular formula is C21H26N4O3S2. The summed E-state index contributed by atoms with van der Waals surface area (Å²) >= 11 is 3.01. The zero-order chi connectivity index (χ0) is 21.5. The third kappa shape index (κ3) is 6.66. The van der Waals surface area contributed by atoms with Crippen molar-refractivity contribution < 1.29 is 14.3 Å². The van der Waals surface area contributed by atoms with Crippen LogP contribution in [0.3, 0.4) is 0 Å². The number of hydrogen-bond acceptors (Lipinski definition) is 8. The van der Waals surface area contributed by atoms with Gasteiger partial charge in [0.25, 0.3) is 0 Å². The molecule has 1 amide bonds. The lowest BCUT2D eigenvalue weighted by Gasteiger charge is -2.18. The minimum atomic E-state index is -0.1000. The maximum atomic E-state index is 12.4. The molecule has 2 atom stereocenters. The highest BCUT2D eigenvalue weighted by atomic mass is 32.2. The molecule has 0 fully saturated rings. The number of carbonyl (C=O) groups excluding carboxylic acids is 1. The first-order chi connectivity index (χ1) is 14.4. The molecule has 2 unspecified atom stereocenters. The van der Waals surface area contributed by atoms with Crippen LogP contribution in [0.15, 0.2) is 45.3 Å². The van der Waals surface area contributed by atoms with E-state index in [1.54, 1.807) is 24.2 Å². The normalized spacial score (nSPS) is 13.2. The zero-order valence-corrected chi connectivity index (χ0v) is 18.8. The molecule has 0 aliphatic carbocycles. The topological polar surface area (TPSA) is 100 Å². The second-order valence-electron chi connectivity index (χ2n) is 7.08. The lowest BCUT2D eigenvalue weighted by atomic mass is 10.0. The van der Waals surface area contributed by atoms with Crippen molar-refractivity contribution in [1.82, 2.24) is 15.3 Å². The van der Waals surface area contributed by atoms with Gasteiger partial charge in [0.15, 0.2) is 5.13 Å². The number of benzene rings is 1. The van der Waals surface area contributed by atoms with E-state index in [1.165, 1.54) is 11.3 Å². The van der Waals surface area contributed by atoms with Gasteiger partial charge in [-0.2, -0.15) is 0 Å². The van der Waals surface area contributed by atoms with Gasteiger partial charge in [0.2, 0.25) is 11.8 Å². The molecule has 2 heterocycles. The van der Waals surface area contributed by atoms with Gasteiger partial charge in [-0.05, 0) is 31.9 Å². The number of nitrogens with zero attached hydrogens (tertiary/aromatic N) is 2. The van der Waals surface area contributed by atoms with E-state index in [0.717, 1.165) is 21.1 Å². The molecule has 0 saturated heterocycles. The molecule has 1 aromatic carbocycles. The highest BCUT2D eigenvalue weighted by Crippen LogP contribution is 2.30. The molecule has 30 heavy (non-hydrogen) atoms. The van der Waals surface area contributed by atoms with Gasteiger partial charge in [-0.1, -0.05) is 35.6 Å². The third-order valence-corrected chi connectivity index (χ3v) is 6.48. The van der Waals surface area contributed by atoms with Gasteiger partial charge in [0, 0.05) is 12.1 Å². The molecule has 3 rings (SSSR count). The van der Waals surface area contributed by atoms with Crippen LogP contribution in [-0.4, -0.2) is 33.6 Å². The average molecular weight is 447 g/mol. The standard InChI is InChI=1S/C21H26N4O3S2/c1-13(11-26)24-15(3)17-6-4-16(5-7-17)8-18(27)25-21-23-10-20(30-21)29-12-19-22-9-14(2)28-19/h4-7,9-10,13,15,24,26H,8,11-12H2,1-3H3,(H,23,25,27). The summed E-state index contributed by atoms with van der Waals surface area (Å²) in [4.78, 5) is 20.8. The summed E-state index contributed by atoms with van der Waals surface area (Å²) in [5, 5.41) is 15.9. The fourth-order valence-corrected chi connectivity index (χ4v) is 4.58. The molecule has 2 aromatic heterocycles. The Morgan fingerprint density at radius 3 is 2.67 bits per heavy atom. The van der Waals surface area contributed by atoms with E-state index in [1.807, 2.05) is 38.1 Å². The van der Waals surface area contributed by atoms with Crippen LogP contribution < -0.4 is 10.6 Å². The van der Waals surface area contributed by atoms with E-state index >= 15 is 0 Å². The smallest absolute Gasteiger partial charge is 0.230 e. The summed E-state index contributed by atoms with van der Waals surface area (Å²) in [6.45, 7) is 5.95. The predicted molar refractivity (Wildman–Crippen MR) is 120 cm³/mol. The second kappa shape index (κ2) is 10.7. The summed E-state index contributed by atoms with van der Waals surface area (Å²) in [7, 11) is 0. The number of oxazole rings is 1. The fraction of sp³-hybridized carbons (Fsp3) is 0.381. The maximum Gasteiger partial charge on any atom is 0.230 e. The van der Waals surface area contributed by atoms with E-state index in [2.05, 4.69) is 27.5 Å². The molecule has 0 aliphatic rings. The van der Waals surface area contributed by atoms with Crippen molar-refractivity contribution in [3.8, 4) is 0 Å². The van der Waals surface area contributed by atoms with Gasteiger partial charge in [0.05, 0.1) is 35.4 Å². The quantitative estimate of drug-likeness (QED) is 0.406. The number of thiazole rings is 1. The highest BCUT2D eigenvalue weighted by Gasteiger charge is 2.11. The Morgan fingerprint density at radius 1 is 1.23 bits per heavy atom. The van der Waals surface area contributed by atoms with Gasteiger partial charge in [-0.3, -0.25) is 4.79 Å². The molecule has 9 heteroatoms. The molecule has 160 valence electrons. The monoisotopic (exact) mass is 446 g/mol. The van der Waals surface area contributed by atoms with Crippen LogP contribution in [-0.2, 0) is 17.0 Å². The Balaban J connectivity index is 1.47. The minimum absolute atomic E-state index is 0.0336. The summed E-state index contributed by atoms with van der Waals surface area (Å²) in [5.41, 5.74) is 2.05. The second-order valence-corrected chi connectivity index (χ2v) is 9.38. The predicted octanol–water partition coefficient (Wildman–Crippen LogP) is 3.94. The summed E-state index contributed by atoms with van der Waals surface area (Å²) < 4.78 is 6.45. The molecule has 7 nitrogen and oxygen atoms in total. The first kappa shape index (κ1) is 22.5. The number of thioether (sulfide) groups is 1. The van der Waals surface area contributed by atoms with Gasteiger partial charge < -0.3 is 20.2 Å². The Bertz CT molecular complexity index is 955. The van der Waals surface area contributed by atoms with Gasteiger partial charge in [0.1, 0.15) is 5.76 Å². The summed E-state index contributed by atoms with van der Waals surface area (Å²) in [6.07, 6.45) is 3.73. The molecule has 3 N–H and O–H groups in total. The van der Waals surface area contributed by atoms with Gasteiger partial charge in [-0.15, -0.1) is 11.8 Å². The van der Waals surface area contributed by atoms with Crippen molar-refractivity contribution in [3.05, 3.63) is 59.4 Å². The SMILES string of the molecule is Cc1cnc(CSc2cnc(NC(=O)Cc3ccc(C(C)NC(C)CO)cc3)s2)o1. The van der Waals surface area contributed by atoms with Crippen LogP contribution in [0.2, 0.25) is 0 Å². The zero-order valence-electron chi connectivity index (χ0n) is 17.2. The number of nitrogens with one attached hydrogen (secondary N) is 2. The van der Waals surface area contributed by atoms with Crippen LogP contribution in [0.1, 0.15) is 42.7 Å². The minimum Gasteiger partial charge on any atom is -0.445 e. The van der Waals surface area contributed by atoms with Crippen LogP contribution in [0.25, 0.3) is 0 Å². The number of amides is 1. The van der Waals surface area contributed by atoms with Crippen molar-refractivity contribution in [1.29, 1.82) is 0 Å². The average Bonchev–Trinajstić information content (AvgIpc) is 3.35. The van der Waals surface area contributed by atoms with Crippen LogP contribution in [0.5, 0.6) is 0 Å². The van der Waals surface area contributed by atoms with Crippen molar-refractivity contribution in [3.63, 3.8) is 0 Å². The van der Waals surface area contributed by atoms with Crippen molar-refractivity contribution >= 4 is 34.1 Å². The first-order valence-corrected chi connectivity index (χ1v) is 11.5. The van der Waals surface area contributed by atoms with Crippen LogP contribution in [0, 0.1) is 6.92 Å². The van der Waals surface area contributed by atoms with Crippen LogP contribution in [0.4, 0.5) is 5.13 Å². The summed E-state index contributed by atoms with van der Waals surface area (Å²) in [6, 6.07) is 8.09. The Hall–Kier alpha value is -2.20. The molecule has 0 radical (unpaired) electrons.